The molecule has 0 aliphatic carbocycles. The van der Waals surface area contributed by atoms with Crippen LogP contribution in [0.3, 0.4) is 0 Å². The van der Waals surface area contributed by atoms with Gasteiger partial charge in [-0.2, -0.15) is 0 Å². The van der Waals surface area contributed by atoms with Gasteiger partial charge in [-0.05, 0) is 55.1 Å². The second-order valence-electron chi connectivity index (χ2n) is 7.39. The second kappa shape index (κ2) is 7.49. The van der Waals surface area contributed by atoms with E-state index in [0.29, 0.717) is 0 Å². The Balaban J connectivity index is 1.91. The van der Waals surface area contributed by atoms with Crippen molar-refractivity contribution in [3.8, 4) is 0 Å². The van der Waals surface area contributed by atoms with Crippen LogP contribution in [0.25, 0.3) is 37.9 Å². The Hall–Kier alpha value is -3.91. The monoisotopic (exact) mass is 387 g/mol. The number of benzene rings is 5. The zero-order valence-electron chi connectivity index (χ0n) is 16.7. The van der Waals surface area contributed by atoms with Gasteiger partial charge in [-0.15, -0.1) is 0 Å². The van der Waals surface area contributed by atoms with Crippen molar-refractivity contribution in [1.82, 2.24) is 5.32 Å². The van der Waals surface area contributed by atoms with E-state index in [1.807, 2.05) is 12.1 Å². The summed E-state index contributed by atoms with van der Waals surface area (Å²) in [6, 6.07) is 33.6. The fourth-order valence-corrected chi connectivity index (χ4v) is 4.24. The Bertz CT molecular complexity index is 1440. The Labute approximate surface area is 175 Å². The topological polar surface area (TPSA) is 29.1 Å². The van der Waals surface area contributed by atoms with Crippen LogP contribution >= 0.6 is 0 Å². The van der Waals surface area contributed by atoms with Crippen LogP contribution in [-0.2, 0) is 4.79 Å². The molecule has 0 unspecified atom stereocenters. The van der Waals surface area contributed by atoms with Gasteiger partial charge >= 0.3 is 0 Å². The summed E-state index contributed by atoms with van der Waals surface area (Å²) in [6.07, 6.45) is 1.72. The van der Waals surface area contributed by atoms with Gasteiger partial charge in [0.1, 0.15) is 0 Å². The van der Waals surface area contributed by atoms with Gasteiger partial charge < -0.3 is 5.32 Å². The van der Waals surface area contributed by atoms with Gasteiger partial charge in [-0.1, -0.05) is 91.0 Å². The standard InChI is InChI=1S/C28H21NO/c1-29-28(30)18-27(24-16-8-11-19-9-2-4-12-21(19)24)26-17-20-10-3-5-13-22(20)23-14-6-7-15-25(23)26/h2-18H,1H3,(H,29,30)/b27-18-. The molecule has 0 aromatic heterocycles. The van der Waals surface area contributed by atoms with Crippen molar-refractivity contribution in [3.63, 3.8) is 0 Å². The number of hydrogen-bond acceptors (Lipinski definition) is 1. The number of fused-ring (bicyclic) bond motifs is 4. The van der Waals surface area contributed by atoms with E-state index >= 15 is 0 Å². The maximum absolute atomic E-state index is 12.5. The zero-order chi connectivity index (χ0) is 20.5. The van der Waals surface area contributed by atoms with Gasteiger partial charge in [0.05, 0.1) is 0 Å². The third kappa shape index (κ3) is 3.03. The highest BCUT2D eigenvalue weighted by molar-refractivity contribution is 6.16. The summed E-state index contributed by atoms with van der Waals surface area (Å²) >= 11 is 0. The predicted molar refractivity (Wildman–Crippen MR) is 127 cm³/mol. The van der Waals surface area contributed by atoms with Crippen molar-refractivity contribution < 1.29 is 4.79 Å². The summed E-state index contributed by atoms with van der Waals surface area (Å²) in [4.78, 5) is 12.5. The normalized spacial score (nSPS) is 11.8. The Morgan fingerprint density at radius 1 is 0.633 bits per heavy atom. The van der Waals surface area contributed by atoms with Crippen LogP contribution in [0, 0.1) is 0 Å². The quantitative estimate of drug-likeness (QED) is 0.285. The molecule has 30 heavy (non-hydrogen) atoms. The van der Waals surface area contributed by atoms with E-state index < -0.39 is 0 Å². The van der Waals surface area contributed by atoms with Crippen molar-refractivity contribution in [3.05, 3.63) is 114 Å². The SMILES string of the molecule is CNC(=O)/C=C(/c1cccc2ccccc12)c1cc2ccccc2c2ccccc12. The van der Waals surface area contributed by atoms with Crippen molar-refractivity contribution in [2.24, 2.45) is 0 Å². The van der Waals surface area contributed by atoms with E-state index in [9.17, 15) is 4.79 Å². The van der Waals surface area contributed by atoms with E-state index in [1.54, 1.807) is 13.1 Å². The highest BCUT2D eigenvalue weighted by atomic mass is 16.1. The molecule has 0 bridgehead atoms. The van der Waals surface area contributed by atoms with E-state index in [2.05, 4.69) is 90.2 Å². The van der Waals surface area contributed by atoms with Crippen molar-refractivity contribution in [2.75, 3.05) is 7.05 Å². The number of rotatable bonds is 3. The summed E-state index contributed by atoms with van der Waals surface area (Å²) in [5.74, 6) is -0.116. The molecule has 2 nitrogen and oxygen atoms in total. The van der Waals surface area contributed by atoms with Crippen LogP contribution in [0.4, 0.5) is 0 Å². The molecule has 0 fully saturated rings. The third-order valence-electron chi connectivity index (χ3n) is 5.66. The summed E-state index contributed by atoms with van der Waals surface area (Å²) < 4.78 is 0. The largest absolute Gasteiger partial charge is 0.356 e. The molecule has 1 amide bonds. The molecule has 1 N–H and O–H groups in total. The average Bonchev–Trinajstić information content (AvgIpc) is 2.81. The van der Waals surface area contributed by atoms with Crippen LogP contribution in [-0.4, -0.2) is 13.0 Å². The first-order chi connectivity index (χ1) is 14.8. The Morgan fingerprint density at radius 3 is 2.00 bits per heavy atom. The van der Waals surface area contributed by atoms with Crippen LogP contribution in [0.15, 0.2) is 103 Å². The molecular formula is C28H21NO. The number of carbonyl (C=O) groups excluding carboxylic acids is 1. The minimum absolute atomic E-state index is 0.116. The van der Waals surface area contributed by atoms with Crippen molar-refractivity contribution in [2.45, 2.75) is 0 Å². The molecule has 0 radical (unpaired) electrons. The third-order valence-corrected chi connectivity index (χ3v) is 5.66. The first-order valence-electron chi connectivity index (χ1n) is 10.1. The fraction of sp³-hybridized carbons (Fsp3) is 0.0357. The summed E-state index contributed by atoms with van der Waals surface area (Å²) in [5, 5.41) is 9.75. The number of amides is 1. The minimum atomic E-state index is -0.116. The summed E-state index contributed by atoms with van der Waals surface area (Å²) in [5.41, 5.74) is 3.04. The molecule has 2 heteroatoms. The highest BCUT2D eigenvalue weighted by Gasteiger charge is 2.15. The van der Waals surface area contributed by atoms with Crippen LogP contribution in [0.2, 0.25) is 0 Å². The molecular weight excluding hydrogens is 366 g/mol. The first-order valence-corrected chi connectivity index (χ1v) is 10.1. The maximum Gasteiger partial charge on any atom is 0.244 e. The fourth-order valence-electron chi connectivity index (χ4n) is 4.24. The van der Waals surface area contributed by atoms with Gasteiger partial charge in [-0.3, -0.25) is 4.79 Å². The smallest absolute Gasteiger partial charge is 0.244 e. The van der Waals surface area contributed by atoms with Crippen LogP contribution < -0.4 is 5.32 Å². The van der Waals surface area contributed by atoms with E-state index in [1.165, 1.54) is 10.8 Å². The Morgan fingerprint density at radius 2 is 1.23 bits per heavy atom. The van der Waals surface area contributed by atoms with Gasteiger partial charge in [0.15, 0.2) is 0 Å². The number of carbonyl (C=O) groups is 1. The number of nitrogens with one attached hydrogen (secondary N) is 1. The van der Waals surface area contributed by atoms with Crippen molar-refractivity contribution >= 4 is 43.8 Å². The molecule has 0 atom stereocenters. The average molecular weight is 387 g/mol. The lowest BCUT2D eigenvalue weighted by atomic mass is 9.87. The van der Waals surface area contributed by atoms with Crippen molar-refractivity contribution in [1.29, 1.82) is 0 Å². The maximum atomic E-state index is 12.5. The van der Waals surface area contributed by atoms with Crippen LogP contribution in [0.1, 0.15) is 11.1 Å². The lowest BCUT2D eigenvalue weighted by Crippen LogP contribution is -2.15. The highest BCUT2D eigenvalue weighted by Crippen LogP contribution is 2.37. The number of hydrogen-bond donors (Lipinski definition) is 1. The molecule has 0 saturated carbocycles. The zero-order valence-corrected chi connectivity index (χ0v) is 16.7. The molecule has 5 rings (SSSR count). The molecule has 5 aromatic rings. The first kappa shape index (κ1) is 18.1. The second-order valence-corrected chi connectivity index (χ2v) is 7.39. The van der Waals surface area contributed by atoms with Gasteiger partial charge in [-0.25, -0.2) is 0 Å². The molecule has 0 spiro atoms. The lowest BCUT2D eigenvalue weighted by molar-refractivity contribution is -0.116. The minimum Gasteiger partial charge on any atom is -0.356 e. The van der Waals surface area contributed by atoms with Crippen LogP contribution in [0.5, 0.6) is 0 Å². The van der Waals surface area contributed by atoms with E-state index in [0.717, 1.165) is 38.2 Å². The molecule has 0 aliphatic rings. The van der Waals surface area contributed by atoms with E-state index in [-0.39, 0.29) is 5.91 Å². The molecule has 0 saturated heterocycles. The lowest BCUT2D eigenvalue weighted by Gasteiger charge is -2.16. The molecule has 0 heterocycles. The molecule has 5 aromatic carbocycles. The molecule has 144 valence electrons. The van der Waals surface area contributed by atoms with Gasteiger partial charge in [0, 0.05) is 13.1 Å². The van der Waals surface area contributed by atoms with Gasteiger partial charge in [0.25, 0.3) is 0 Å². The van der Waals surface area contributed by atoms with E-state index in [4.69, 9.17) is 0 Å². The summed E-state index contributed by atoms with van der Waals surface area (Å²) in [6.45, 7) is 0. The molecule has 0 aliphatic heterocycles. The van der Waals surface area contributed by atoms with Gasteiger partial charge in [0.2, 0.25) is 5.91 Å². The predicted octanol–water partition coefficient (Wildman–Crippen LogP) is 6.32. The summed E-state index contributed by atoms with van der Waals surface area (Å²) in [7, 11) is 1.66. The number of likely N-dealkylation sites (N-methyl/N-ethyl adjacent to an activating group) is 1. The Kier molecular flexibility index (Phi) is 4.53.